The normalized spacial score (nSPS) is 9.55. The Labute approximate surface area is 68.9 Å². The molecule has 0 aliphatic carbocycles. The first kappa shape index (κ1) is 8.14. The summed E-state index contributed by atoms with van der Waals surface area (Å²) in [4.78, 5) is 22.3. The predicted octanol–water partition coefficient (Wildman–Crippen LogP) is 1.45. The Hall–Kier alpha value is -0.960. The van der Waals surface area contributed by atoms with Crippen molar-refractivity contribution in [3.63, 3.8) is 0 Å². The number of ketones is 2. The van der Waals surface area contributed by atoms with Crippen molar-refractivity contribution < 1.29 is 9.59 Å². The third-order valence-corrected chi connectivity index (χ3v) is 2.18. The lowest BCUT2D eigenvalue weighted by atomic mass is 10.2. The Balaban J connectivity index is 2.57. The van der Waals surface area contributed by atoms with Gasteiger partial charge in [-0.2, -0.15) is 0 Å². The molecule has 0 aliphatic rings. The standard InChI is InChI=1S/C8H8O2S/c1-6(9)8(10)5-7-3-2-4-11-7/h2-4H,5H2,1H3. The highest BCUT2D eigenvalue weighted by Gasteiger charge is 2.08. The van der Waals surface area contributed by atoms with Gasteiger partial charge in [-0.15, -0.1) is 11.3 Å². The van der Waals surface area contributed by atoms with E-state index < -0.39 is 0 Å². The molecule has 58 valence electrons. The number of carbonyl (C=O) groups excluding carboxylic acids is 2. The third kappa shape index (κ3) is 2.27. The maximum absolute atomic E-state index is 10.9. The fraction of sp³-hybridized carbons (Fsp3) is 0.250. The number of rotatable bonds is 3. The maximum atomic E-state index is 10.9. The summed E-state index contributed by atoms with van der Waals surface area (Å²) < 4.78 is 0. The molecule has 0 atom stereocenters. The lowest BCUT2D eigenvalue weighted by molar-refractivity contribution is -0.134. The molecule has 1 heterocycles. The molecule has 0 spiro atoms. The summed E-state index contributed by atoms with van der Waals surface area (Å²) in [6, 6.07) is 3.72. The number of carbonyl (C=O) groups is 2. The van der Waals surface area contributed by atoms with Gasteiger partial charge in [0.15, 0.2) is 5.78 Å². The Morgan fingerprint density at radius 3 is 2.73 bits per heavy atom. The van der Waals surface area contributed by atoms with E-state index in [2.05, 4.69) is 0 Å². The SMILES string of the molecule is CC(=O)C(=O)Cc1cccs1. The predicted molar refractivity (Wildman–Crippen MR) is 43.7 cm³/mol. The van der Waals surface area contributed by atoms with Gasteiger partial charge in [0, 0.05) is 18.2 Å². The molecule has 11 heavy (non-hydrogen) atoms. The van der Waals surface area contributed by atoms with Crippen LogP contribution in [0.3, 0.4) is 0 Å². The average Bonchev–Trinajstić information content (AvgIpc) is 2.39. The van der Waals surface area contributed by atoms with E-state index in [1.807, 2.05) is 17.5 Å². The second kappa shape index (κ2) is 3.44. The van der Waals surface area contributed by atoms with Crippen molar-refractivity contribution >= 4 is 22.9 Å². The highest BCUT2D eigenvalue weighted by atomic mass is 32.1. The van der Waals surface area contributed by atoms with Crippen molar-refractivity contribution in [2.75, 3.05) is 0 Å². The van der Waals surface area contributed by atoms with Gasteiger partial charge in [0.1, 0.15) is 0 Å². The van der Waals surface area contributed by atoms with Crippen LogP contribution in [0.15, 0.2) is 17.5 Å². The number of hydrogen-bond acceptors (Lipinski definition) is 3. The molecule has 1 rings (SSSR count). The minimum Gasteiger partial charge on any atom is -0.291 e. The Morgan fingerprint density at radius 1 is 1.55 bits per heavy atom. The molecular weight excluding hydrogens is 160 g/mol. The quantitative estimate of drug-likeness (QED) is 0.640. The van der Waals surface area contributed by atoms with Gasteiger partial charge in [0.25, 0.3) is 0 Å². The summed E-state index contributed by atoms with van der Waals surface area (Å²) in [6.45, 7) is 1.30. The minimum absolute atomic E-state index is 0.257. The summed E-state index contributed by atoms with van der Waals surface area (Å²) in [5.74, 6) is -0.675. The molecule has 2 nitrogen and oxygen atoms in total. The van der Waals surface area contributed by atoms with Crippen LogP contribution in [0.4, 0.5) is 0 Å². The lowest BCUT2D eigenvalue weighted by Gasteiger charge is -1.90. The average molecular weight is 168 g/mol. The minimum atomic E-state index is -0.363. The fourth-order valence-electron chi connectivity index (χ4n) is 0.696. The van der Waals surface area contributed by atoms with Crippen LogP contribution in [0.5, 0.6) is 0 Å². The monoisotopic (exact) mass is 168 g/mol. The Bertz CT molecular complexity index is 262. The molecule has 0 aromatic carbocycles. The Kier molecular flexibility index (Phi) is 2.54. The highest BCUT2D eigenvalue weighted by molar-refractivity contribution is 7.10. The summed E-state index contributed by atoms with van der Waals surface area (Å²) in [5.41, 5.74) is 0. The first-order chi connectivity index (χ1) is 5.20. The molecule has 0 aliphatic heterocycles. The second-order valence-corrected chi connectivity index (χ2v) is 3.27. The van der Waals surface area contributed by atoms with Gasteiger partial charge in [-0.1, -0.05) is 6.07 Å². The summed E-state index contributed by atoms with van der Waals surface area (Å²) >= 11 is 1.50. The summed E-state index contributed by atoms with van der Waals surface area (Å²) in [5, 5.41) is 1.89. The van der Waals surface area contributed by atoms with Gasteiger partial charge in [-0.25, -0.2) is 0 Å². The molecule has 0 amide bonds. The van der Waals surface area contributed by atoms with Crippen LogP contribution in [0.2, 0.25) is 0 Å². The van der Waals surface area contributed by atoms with E-state index in [9.17, 15) is 9.59 Å². The van der Waals surface area contributed by atoms with Crippen LogP contribution < -0.4 is 0 Å². The van der Waals surface area contributed by atoms with E-state index in [0.717, 1.165) is 4.88 Å². The van der Waals surface area contributed by atoms with Crippen LogP contribution in [-0.2, 0) is 16.0 Å². The molecule has 0 saturated carbocycles. The largest absolute Gasteiger partial charge is 0.291 e. The van der Waals surface area contributed by atoms with E-state index in [-0.39, 0.29) is 18.0 Å². The van der Waals surface area contributed by atoms with Gasteiger partial charge in [-0.05, 0) is 11.4 Å². The first-order valence-electron chi connectivity index (χ1n) is 3.26. The first-order valence-corrected chi connectivity index (χ1v) is 4.14. The molecule has 3 heteroatoms. The molecule has 1 aromatic heterocycles. The van der Waals surface area contributed by atoms with Crippen molar-refractivity contribution in [2.24, 2.45) is 0 Å². The van der Waals surface area contributed by atoms with E-state index in [0.29, 0.717) is 0 Å². The number of thiophene rings is 1. The van der Waals surface area contributed by atoms with Gasteiger partial charge < -0.3 is 0 Å². The van der Waals surface area contributed by atoms with Crippen LogP contribution in [0, 0.1) is 0 Å². The van der Waals surface area contributed by atoms with Crippen LogP contribution in [0.1, 0.15) is 11.8 Å². The molecule has 0 bridgehead atoms. The lowest BCUT2D eigenvalue weighted by Crippen LogP contribution is -2.11. The van der Waals surface area contributed by atoms with Crippen molar-refractivity contribution in [1.29, 1.82) is 0 Å². The molecule has 1 aromatic rings. The van der Waals surface area contributed by atoms with Gasteiger partial charge >= 0.3 is 0 Å². The molecular formula is C8H8O2S. The zero-order chi connectivity index (χ0) is 8.27. The summed E-state index contributed by atoms with van der Waals surface area (Å²) in [6.07, 6.45) is 0.257. The fourth-order valence-corrected chi connectivity index (χ4v) is 1.40. The van der Waals surface area contributed by atoms with E-state index in [4.69, 9.17) is 0 Å². The smallest absolute Gasteiger partial charge is 0.203 e. The molecule has 0 N–H and O–H groups in total. The topological polar surface area (TPSA) is 34.1 Å². The van der Waals surface area contributed by atoms with Crippen molar-refractivity contribution in [3.8, 4) is 0 Å². The molecule has 0 saturated heterocycles. The van der Waals surface area contributed by atoms with Gasteiger partial charge in [0.05, 0.1) is 0 Å². The summed E-state index contributed by atoms with van der Waals surface area (Å²) in [7, 11) is 0. The van der Waals surface area contributed by atoms with Gasteiger partial charge in [-0.3, -0.25) is 9.59 Å². The number of hydrogen-bond donors (Lipinski definition) is 0. The highest BCUT2D eigenvalue weighted by Crippen LogP contribution is 2.09. The van der Waals surface area contributed by atoms with E-state index >= 15 is 0 Å². The number of Topliss-reactive ketones (excluding diaryl/α,β-unsaturated/α-hetero) is 2. The molecule has 0 fully saturated rings. The zero-order valence-corrected chi connectivity index (χ0v) is 6.98. The van der Waals surface area contributed by atoms with Gasteiger partial charge in [0.2, 0.25) is 5.78 Å². The third-order valence-electron chi connectivity index (χ3n) is 1.31. The zero-order valence-electron chi connectivity index (χ0n) is 6.16. The van der Waals surface area contributed by atoms with E-state index in [1.54, 1.807) is 0 Å². The van der Waals surface area contributed by atoms with Crippen molar-refractivity contribution in [2.45, 2.75) is 13.3 Å². The maximum Gasteiger partial charge on any atom is 0.203 e. The van der Waals surface area contributed by atoms with Crippen LogP contribution in [0.25, 0.3) is 0 Å². The molecule has 0 radical (unpaired) electrons. The van der Waals surface area contributed by atoms with Crippen LogP contribution >= 0.6 is 11.3 Å². The second-order valence-electron chi connectivity index (χ2n) is 2.24. The Morgan fingerprint density at radius 2 is 2.27 bits per heavy atom. The van der Waals surface area contributed by atoms with Crippen molar-refractivity contribution in [3.05, 3.63) is 22.4 Å². The van der Waals surface area contributed by atoms with E-state index in [1.165, 1.54) is 18.3 Å². The van der Waals surface area contributed by atoms with Crippen molar-refractivity contribution in [1.82, 2.24) is 0 Å². The van der Waals surface area contributed by atoms with Crippen LogP contribution in [-0.4, -0.2) is 11.6 Å². The molecule has 0 unspecified atom stereocenters.